The van der Waals surface area contributed by atoms with Crippen LogP contribution in [-0.4, -0.2) is 44.6 Å². The Hall–Kier alpha value is -1.60. The molecule has 0 spiro atoms. The number of fused-ring (bicyclic) bond motifs is 1. The van der Waals surface area contributed by atoms with Crippen LogP contribution in [0.1, 0.15) is 18.7 Å². The largest absolute Gasteiger partial charge is 0.348 e. The predicted octanol–water partition coefficient (Wildman–Crippen LogP) is 0.831. The highest BCUT2D eigenvalue weighted by atomic mass is 32.2. The first kappa shape index (κ1) is 14.3. The van der Waals surface area contributed by atoms with E-state index in [0.29, 0.717) is 17.5 Å². The number of carbonyl (C=O) groups is 1. The quantitative estimate of drug-likeness (QED) is 0.856. The molecule has 0 radical (unpaired) electrons. The molecule has 0 saturated carbocycles. The lowest BCUT2D eigenvalue weighted by Crippen LogP contribution is -2.31. The van der Waals surface area contributed by atoms with Crippen molar-refractivity contribution in [2.75, 3.05) is 18.8 Å². The highest BCUT2D eigenvalue weighted by Crippen LogP contribution is 2.19. The Morgan fingerprint density at radius 2 is 2.24 bits per heavy atom. The van der Waals surface area contributed by atoms with Gasteiger partial charge in [0.2, 0.25) is 5.91 Å². The van der Waals surface area contributed by atoms with Gasteiger partial charge in [-0.2, -0.15) is 0 Å². The molecule has 1 aliphatic rings. The molecule has 1 saturated heterocycles. The standard InChI is InChI=1S/C14H19N5OS/c20-14(10-21-11-4-6-15-7-5-11)16-9-13-18-17-12-3-1-2-8-19(12)13/h1-3,8,11,15H,4-7,9-10H2,(H,16,20). The molecule has 1 aliphatic heterocycles. The Bertz CT molecular complexity index is 608. The molecule has 1 fully saturated rings. The van der Waals surface area contributed by atoms with Gasteiger partial charge in [-0.15, -0.1) is 22.0 Å². The third-order valence-electron chi connectivity index (χ3n) is 3.56. The van der Waals surface area contributed by atoms with Crippen molar-refractivity contribution in [3.8, 4) is 0 Å². The number of hydrogen-bond acceptors (Lipinski definition) is 5. The number of pyridine rings is 1. The van der Waals surface area contributed by atoms with E-state index in [1.165, 1.54) is 0 Å². The molecule has 0 aliphatic carbocycles. The molecule has 2 aromatic rings. The van der Waals surface area contributed by atoms with Gasteiger partial charge in [-0.3, -0.25) is 9.20 Å². The third-order valence-corrected chi connectivity index (χ3v) is 4.94. The maximum Gasteiger partial charge on any atom is 0.230 e. The fourth-order valence-corrected chi connectivity index (χ4v) is 3.45. The highest BCUT2D eigenvalue weighted by Gasteiger charge is 2.15. The molecular formula is C14H19N5OS. The van der Waals surface area contributed by atoms with Gasteiger partial charge in [0.25, 0.3) is 0 Å². The summed E-state index contributed by atoms with van der Waals surface area (Å²) in [6, 6.07) is 5.74. The Morgan fingerprint density at radius 3 is 3.10 bits per heavy atom. The minimum atomic E-state index is 0.0613. The topological polar surface area (TPSA) is 71.3 Å². The van der Waals surface area contributed by atoms with E-state index in [1.807, 2.05) is 28.8 Å². The van der Waals surface area contributed by atoms with Gasteiger partial charge in [0, 0.05) is 11.4 Å². The molecule has 2 N–H and O–H groups in total. The summed E-state index contributed by atoms with van der Waals surface area (Å²) in [5.74, 6) is 1.33. The van der Waals surface area contributed by atoms with Gasteiger partial charge < -0.3 is 10.6 Å². The molecule has 1 amide bonds. The summed E-state index contributed by atoms with van der Waals surface area (Å²) in [6.45, 7) is 2.53. The molecule has 3 heterocycles. The van der Waals surface area contributed by atoms with Crippen LogP contribution in [0.3, 0.4) is 0 Å². The fraction of sp³-hybridized carbons (Fsp3) is 0.500. The Labute approximate surface area is 127 Å². The average molecular weight is 305 g/mol. The first-order valence-corrected chi connectivity index (χ1v) is 8.25. The molecule has 0 aromatic carbocycles. The summed E-state index contributed by atoms with van der Waals surface area (Å²) in [7, 11) is 0. The van der Waals surface area contributed by atoms with Gasteiger partial charge in [-0.05, 0) is 38.1 Å². The molecular weight excluding hydrogens is 286 g/mol. The number of nitrogens with one attached hydrogen (secondary N) is 2. The van der Waals surface area contributed by atoms with Crippen LogP contribution in [0.25, 0.3) is 5.65 Å². The zero-order valence-corrected chi connectivity index (χ0v) is 12.6. The van der Waals surface area contributed by atoms with Crippen molar-refractivity contribution < 1.29 is 4.79 Å². The SMILES string of the molecule is O=C(CSC1CCNCC1)NCc1nnc2ccccn12. The van der Waals surface area contributed by atoms with Crippen LogP contribution in [-0.2, 0) is 11.3 Å². The lowest BCUT2D eigenvalue weighted by Gasteiger charge is -2.21. The first-order valence-electron chi connectivity index (χ1n) is 7.20. The second-order valence-corrected chi connectivity index (χ2v) is 6.37. The maximum absolute atomic E-state index is 11.9. The monoisotopic (exact) mass is 305 g/mol. The molecule has 7 heteroatoms. The Kier molecular flexibility index (Phi) is 4.72. The molecule has 0 unspecified atom stereocenters. The van der Waals surface area contributed by atoms with Gasteiger partial charge in [0.15, 0.2) is 11.5 Å². The highest BCUT2D eigenvalue weighted by molar-refractivity contribution is 8.00. The summed E-state index contributed by atoms with van der Waals surface area (Å²) < 4.78 is 1.89. The van der Waals surface area contributed by atoms with Crippen LogP contribution < -0.4 is 10.6 Å². The lowest BCUT2D eigenvalue weighted by molar-refractivity contribution is -0.118. The Balaban J connectivity index is 1.47. The van der Waals surface area contributed by atoms with Crippen molar-refractivity contribution in [3.05, 3.63) is 30.2 Å². The van der Waals surface area contributed by atoms with Crippen LogP contribution in [0.4, 0.5) is 0 Å². The zero-order valence-electron chi connectivity index (χ0n) is 11.8. The van der Waals surface area contributed by atoms with Crippen LogP contribution in [0, 0.1) is 0 Å². The molecule has 0 bridgehead atoms. The van der Waals surface area contributed by atoms with E-state index in [-0.39, 0.29) is 5.91 Å². The van der Waals surface area contributed by atoms with Crippen molar-refractivity contribution in [2.24, 2.45) is 0 Å². The summed E-state index contributed by atoms with van der Waals surface area (Å²) in [4.78, 5) is 11.9. The fourth-order valence-electron chi connectivity index (χ4n) is 2.40. The molecule has 0 atom stereocenters. The Morgan fingerprint density at radius 1 is 1.38 bits per heavy atom. The van der Waals surface area contributed by atoms with E-state index in [9.17, 15) is 4.79 Å². The second kappa shape index (κ2) is 6.91. The van der Waals surface area contributed by atoms with Crippen molar-refractivity contribution >= 4 is 23.3 Å². The third kappa shape index (κ3) is 3.74. The van der Waals surface area contributed by atoms with Gasteiger partial charge in [-0.25, -0.2) is 0 Å². The summed E-state index contributed by atoms with van der Waals surface area (Å²) >= 11 is 1.75. The molecule has 112 valence electrons. The minimum absolute atomic E-state index is 0.0613. The second-order valence-electron chi connectivity index (χ2n) is 5.08. The number of nitrogens with zero attached hydrogens (tertiary/aromatic N) is 3. The number of rotatable bonds is 5. The van der Waals surface area contributed by atoms with Crippen LogP contribution in [0.2, 0.25) is 0 Å². The lowest BCUT2D eigenvalue weighted by atomic mass is 10.2. The van der Waals surface area contributed by atoms with E-state index in [2.05, 4.69) is 20.8 Å². The van der Waals surface area contributed by atoms with Crippen LogP contribution in [0.5, 0.6) is 0 Å². The van der Waals surface area contributed by atoms with Gasteiger partial charge >= 0.3 is 0 Å². The number of carbonyl (C=O) groups excluding carboxylic acids is 1. The van der Waals surface area contributed by atoms with E-state index < -0.39 is 0 Å². The van der Waals surface area contributed by atoms with Crippen molar-refractivity contribution in [1.82, 2.24) is 25.2 Å². The van der Waals surface area contributed by atoms with E-state index in [0.717, 1.165) is 37.4 Å². The normalized spacial score (nSPS) is 16.2. The van der Waals surface area contributed by atoms with Crippen LogP contribution in [0.15, 0.2) is 24.4 Å². The molecule has 6 nitrogen and oxygen atoms in total. The molecule has 21 heavy (non-hydrogen) atoms. The van der Waals surface area contributed by atoms with E-state index in [1.54, 1.807) is 11.8 Å². The number of hydrogen-bond donors (Lipinski definition) is 2. The average Bonchev–Trinajstić information content (AvgIpc) is 2.95. The molecule has 3 rings (SSSR count). The number of amides is 1. The van der Waals surface area contributed by atoms with Crippen molar-refractivity contribution in [1.29, 1.82) is 0 Å². The minimum Gasteiger partial charge on any atom is -0.348 e. The van der Waals surface area contributed by atoms with Gasteiger partial charge in [0.05, 0.1) is 12.3 Å². The van der Waals surface area contributed by atoms with Crippen LogP contribution >= 0.6 is 11.8 Å². The molecule has 2 aromatic heterocycles. The van der Waals surface area contributed by atoms with Gasteiger partial charge in [0.1, 0.15) is 0 Å². The summed E-state index contributed by atoms with van der Waals surface area (Å²) in [6.07, 6.45) is 4.19. The first-order chi connectivity index (χ1) is 10.3. The van der Waals surface area contributed by atoms with E-state index in [4.69, 9.17) is 0 Å². The van der Waals surface area contributed by atoms with E-state index >= 15 is 0 Å². The predicted molar refractivity (Wildman–Crippen MR) is 83.2 cm³/mol. The van der Waals surface area contributed by atoms with Crippen molar-refractivity contribution in [3.63, 3.8) is 0 Å². The number of piperidine rings is 1. The zero-order chi connectivity index (χ0) is 14.5. The smallest absolute Gasteiger partial charge is 0.230 e. The van der Waals surface area contributed by atoms with Gasteiger partial charge in [-0.1, -0.05) is 6.07 Å². The summed E-state index contributed by atoms with van der Waals surface area (Å²) in [5.41, 5.74) is 0.797. The summed E-state index contributed by atoms with van der Waals surface area (Å²) in [5, 5.41) is 15.0. The maximum atomic E-state index is 11.9. The number of thioether (sulfide) groups is 1. The number of aromatic nitrogens is 3. The van der Waals surface area contributed by atoms with Crippen molar-refractivity contribution in [2.45, 2.75) is 24.6 Å².